The molecule has 0 aliphatic heterocycles. The standard InChI is InChI=1S/C17H24N4O.ClH/c1-12(11-18)16(22)20-17-19-14-9-5-6-10-15(14)21(17)13-7-3-2-4-8-13;/h5-6,9-10,12-13H,2-4,7-8,11,18H2,1H3,(H,19,20,22);1H. The second-order valence-electron chi connectivity index (χ2n) is 6.21. The Morgan fingerprint density at radius 3 is 2.74 bits per heavy atom. The molecule has 2 aromatic rings. The molecule has 3 rings (SSSR count). The van der Waals surface area contributed by atoms with Crippen LogP contribution in [-0.2, 0) is 4.79 Å². The van der Waals surface area contributed by atoms with Crippen LogP contribution in [0.15, 0.2) is 24.3 Å². The number of para-hydroxylation sites is 2. The van der Waals surface area contributed by atoms with Crippen LogP contribution in [-0.4, -0.2) is 22.0 Å². The molecule has 5 nitrogen and oxygen atoms in total. The second-order valence-corrected chi connectivity index (χ2v) is 6.21. The van der Waals surface area contributed by atoms with E-state index in [9.17, 15) is 4.79 Å². The SMILES string of the molecule is CC(CN)C(=O)Nc1nc2ccccc2n1C1CCCCC1.Cl. The summed E-state index contributed by atoms with van der Waals surface area (Å²) in [5, 5.41) is 2.98. The number of nitrogens with two attached hydrogens (primary N) is 1. The minimum atomic E-state index is -0.209. The molecule has 1 heterocycles. The number of amides is 1. The third-order valence-electron chi connectivity index (χ3n) is 4.57. The highest BCUT2D eigenvalue weighted by molar-refractivity contribution is 5.93. The first kappa shape index (κ1) is 17.8. The van der Waals surface area contributed by atoms with Gasteiger partial charge in [0, 0.05) is 18.5 Å². The summed E-state index contributed by atoms with van der Waals surface area (Å²) in [4.78, 5) is 16.8. The first-order chi connectivity index (χ1) is 10.7. The number of nitrogens with one attached hydrogen (secondary N) is 1. The largest absolute Gasteiger partial charge is 0.330 e. The summed E-state index contributed by atoms with van der Waals surface area (Å²) in [7, 11) is 0. The van der Waals surface area contributed by atoms with Crippen LogP contribution in [0.1, 0.15) is 45.1 Å². The summed E-state index contributed by atoms with van der Waals surface area (Å²) in [5.74, 6) is 0.396. The van der Waals surface area contributed by atoms with Crippen molar-refractivity contribution < 1.29 is 4.79 Å². The van der Waals surface area contributed by atoms with Gasteiger partial charge in [0.05, 0.1) is 11.0 Å². The molecule has 1 aliphatic rings. The van der Waals surface area contributed by atoms with Gasteiger partial charge >= 0.3 is 0 Å². The molecule has 23 heavy (non-hydrogen) atoms. The average Bonchev–Trinajstić information content (AvgIpc) is 2.92. The predicted molar refractivity (Wildman–Crippen MR) is 96.0 cm³/mol. The molecule has 3 N–H and O–H groups in total. The lowest BCUT2D eigenvalue weighted by molar-refractivity contribution is -0.119. The lowest BCUT2D eigenvalue weighted by atomic mass is 9.95. The molecule has 1 atom stereocenters. The highest BCUT2D eigenvalue weighted by Crippen LogP contribution is 2.34. The third kappa shape index (κ3) is 3.67. The summed E-state index contributed by atoms with van der Waals surface area (Å²) in [6.45, 7) is 2.18. The Labute approximate surface area is 143 Å². The number of fused-ring (bicyclic) bond motifs is 1. The number of anilines is 1. The Hall–Kier alpha value is -1.59. The number of hydrogen-bond acceptors (Lipinski definition) is 3. The Balaban J connectivity index is 0.00000192. The van der Waals surface area contributed by atoms with Crippen LogP contribution in [0.2, 0.25) is 0 Å². The number of hydrogen-bond donors (Lipinski definition) is 2. The number of carbonyl (C=O) groups excluding carboxylic acids is 1. The maximum atomic E-state index is 12.2. The maximum absolute atomic E-state index is 12.2. The van der Waals surface area contributed by atoms with Crippen LogP contribution in [0.5, 0.6) is 0 Å². The third-order valence-corrected chi connectivity index (χ3v) is 4.57. The van der Waals surface area contributed by atoms with Crippen molar-refractivity contribution in [1.82, 2.24) is 9.55 Å². The Kier molecular flexibility index (Phi) is 6.02. The van der Waals surface area contributed by atoms with E-state index in [2.05, 4.69) is 20.9 Å². The van der Waals surface area contributed by atoms with Crippen LogP contribution in [0, 0.1) is 5.92 Å². The van der Waals surface area contributed by atoms with E-state index in [1.54, 1.807) is 0 Å². The molecule has 0 radical (unpaired) electrons. The van der Waals surface area contributed by atoms with Gasteiger partial charge in [-0.1, -0.05) is 38.3 Å². The van der Waals surface area contributed by atoms with Gasteiger partial charge in [0.2, 0.25) is 11.9 Å². The van der Waals surface area contributed by atoms with Crippen molar-refractivity contribution in [2.75, 3.05) is 11.9 Å². The van der Waals surface area contributed by atoms with Gasteiger partial charge in [0.1, 0.15) is 0 Å². The molecule has 1 fully saturated rings. The molecule has 0 bridgehead atoms. The first-order valence-electron chi connectivity index (χ1n) is 8.18. The van der Waals surface area contributed by atoms with E-state index in [-0.39, 0.29) is 24.2 Å². The smallest absolute Gasteiger partial charge is 0.230 e. The average molecular weight is 337 g/mol. The lowest BCUT2D eigenvalue weighted by Crippen LogP contribution is -2.28. The minimum Gasteiger partial charge on any atom is -0.330 e. The number of imidazole rings is 1. The topological polar surface area (TPSA) is 72.9 Å². The van der Waals surface area contributed by atoms with E-state index in [4.69, 9.17) is 5.73 Å². The summed E-state index contributed by atoms with van der Waals surface area (Å²) in [6, 6.07) is 8.51. The minimum absolute atomic E-state index is 0. The lowest BCUT2D eigenvalue weighted by Gasteiger charge is -2.25. The molecule has 0 spiro atoms. The zero-order chi connectivity index (χ0) is 15.5. The van der Waals surface area contributed by atoms with E-state index in [1.165, 1.54) is 19.3 Å². The van der Waals surface area contributed by atoms with Crippen molar-refractivity contribution in [3.63, 3.8) is 0 Å². The van der Waals surface area contributed by atoms with Crippen molar-refractivity contribution in [2.45, 2.75) is 45.1 Å². The number of carbonyl (C=O) groups is 1. The van der Waals surface area contributed by atoms with Gasteiger partial charge in [-0.3, -0.25) is 10.1 Å². The van der Waals surface area contributed by atoms with Crippen molar-refractivity contribution in [3.05, 3.63) is 24.3 Å². The predicted octanol–water partition coefficient (Wildman–Crippen LogP) is 3.50. The van der Waals surface area contributed by atoms with Gasteiger partial charge in [-0.15, -0.1) is 12.4 Å². The van der Waals surface area contributed by atoms with Gasteiger partial charge in [0.15, 0.2) is 0 Å². The molecule has 6 heteroatoms. The van der Waals surface area contributed by atoms with E-state index in [0.29, 0.717) is 18.5 Å². The summed E-state index contributed by atoms with van der Waals surface area (Å²) >= 11 is 0. The van der Waals surface area contributed by atoms with Crippen molar-refractivity contribution in [3.8, 4) is 0 Å². The van der Waals surface area contributed by atoms with E-state index < -0.39 is 0 Å². The number of benzene rings is 1. The van der Waals surface area contributed by atoms with Gasteiger partial charge in [-0.25, -0.2) is 4.98 Å². The zero-order valence-electron chi connectivity index (χ0n) is 13.5. The van der Waals surface area contributed by atoms with Crippen molar-refractivity contribution in [1.29, 1.82) is 0 Å². The molecular formula is C17H25ClN4O. The molecule has 126 valence electrons. The highest BCUT2D eigenvalue weighted by Gasteiger charge is 2.23. The summed E-state index contributed by atoms with van der Waals surface area (Å²) < 4.78 is 2.22. The van der Waals surface area contributed by atoms with E-state index >= 15 is 0 Å². The molecule has 1 aromatic heterocycles. The number of aromatic nitrogens is 2. The number of halogens is 1. The first-order valence-corrected chi connectivity index (χ1v) is 8.18. The monoisotopic (exact) mass is 336 g/mol. The molecule has 1 saturated carbocycles. The fraction of sp³-hybridized carbons (Fsp3) is 0.529. The van der Waals surface area contributed by atoms with Gasteiger partial charge in [-0.2, -0.15) is 0 Å². The zero-order valence-corrected chi connectivity index (χ0v) is 14.3. The molecule has 1 amide bonds. The molecular weight excluding hydrogens is 312 g/mol. The van der Waals surface area contributed by atoms with Gasteiger partial charge < -0.3 is 10.3 Å². The Morgan fingerprint density at radius 1 is 1.35 bits per heavy atom. The van der Waals surface area contributed by atoms with Crippen LogP contribution >= 0.6 is 12.4 Å². The number of rotatable bonds is 4. The van der Waals surface area contributed by atoms with Gasteiger partial charge in [0.25, 0.3) is 0 Å². The van der Waals surface area contributed by atoms with Gasteiger partial charge in [-0.05, 0) is 25.0 Å². The van der Waals surface area contributed by atoms with E-state index in [0.717, 1.165) is 23.9 Å². The Bertz CT molecular complexity index is 664. The van der Waals surface area contributed by atoms with Crippen molar-refractivity contribution >= 4 is 35.3 Å². The molecule has 1 aliphatic carbocycles. The van der Waals surface area contributed by atoms with Crippen molar-refractivity contribution in [2.24, 2.45) is 11.7 Å². The summed E-state index contributed by atoms with van der Waals surface area (Å²) in [5.41, 5.74) is 7.63. The van der Waals surface area contributed by atoms with Crippen LogP contribution in [0.25, 0.3) is 11.0 Å². The second kappa shape index (κ2) is 7.79. The van der Waals surface area contributed by atoms with E-state index in [1.807, 2.05) is 25.1 Å². The quantitative estimate of drug-likeness (QED) is 0.897. The highest BCUT2D eigenvalue weighted by atomic mass is 35.5. The van der Waals surface area contributed by atoms with Crippen LogP contribution < -0.4 is 11.1 Å². The van der Waals surface area contributed by atoms with Crippen LogP contribution in [0.4, 0.5) is 5.95 Å². The number of nitrogens with zero attached hydrogens (tertiary/aromatic N) is 2. The fourth-order valence-electron chi connectivity index (χ4n) is 3.18. The fourth-order valence-corrected chi connectivity index (χ4v) is 3.18. The summed E-state index contributed by atoms with van der Waals surface area (Å²) in [6.07, 6.45) is 6.08. The molecule has 0 saturated heterocycles. The molecule has 1 unspecified atom stereocenters. The normalized spacial score (nSPS) is 16.8. The molecule has 1 aromatic carbocycles. The maximum Gasteiger partial charge on any atom is 0.230 e. The Morgan fingerprint density at radius 2 is 2.04 bits per heavy atom. The van der Waals surface area contributed by atoms with Crippen LogP contribution in [0.3, 0.4) is 0 Å².